The van der Waals surface area contributed by atoms with Gasteiger partial charge in [0.25, 0.3) is 0 Å². The average molecular weight is 184 g/mol. The first-order chi connectivity index (χ1) is 4.56. The monoisotopic (exact) mass is 183 g/mol. The lowest BCUT2D eigenvalue weighted by Crippen LogP contribution is -2.02. The van der Waals surface area contributed by atoms with Crippen LogP contribution in [0.5, 0.6) is 0 Å². The summed E-state index contributed by atoms with van der Waals surface area (Å²) in [6.07, 6.45) is 3.42. The molecule has 10 heavy (non-hydrogen) atoms. The summed E-state index contributed by atoms with van der Waals surface area (Å²) in [5, 5.41) is 0. The van der Waals surface area contributed by atoms with Crippen molar-refractivity contribution in [3.63, 3.8) is 0 Å². The summed E-state index contributed by atoms with van der Waals surface area (Å²) < 4.78 is 29.9. The molecule has 0 aromatic carbocycles. The van der Waals surface area contributed by atoms with Gasteiger partial charge in [-0.3, -0.25) is 0 Å². The second-order valence-corrected chi connectivity index (χ2v) is 3.51. The minimum atomic E-state index is -4.05. The molecule has 0 amide bonds. The number of alkyl halides is 1. The van der Waals surface area contributed by atoms with Crippen molar-refractivity contribution in [2.45, 2.75) is 6.42 Å². The standard InChI is InChI=1S/C5H9ClO3S/c6-4-2-1-3-5-10(7,8)9/h1-2H,3-5H2,(H,7,8,9)/p-1/b2-1+. The highest BCUT2D eigenvalue weighted by atomic mass is 35.5. The Morgan fingerprint density at radius 2 is 2.00 bits per heavy atom. The number of rotatable bonds is 4. The Balaban J connectivity index is 3.48. The van der Waals surface area contributed by atoms with E-state index in [0.29, 0.717) is 5.88 Å². The molecule has 0 bridgehead atoms. The highest BCUT2D eigenvalue weighted by Crippen LogP contribution is 1.90. The second kappa shape index (κ2) is 4.71. The molecule has 3 nitrogen and oxygen atoms in total. The van der Waals surface area contributed by atoms with Crippen LogP contribution in [-0.2, 0) is 10.1 Å². The molecule has 0 aromatic rings. The molecule has 0 radical (unpaired) electrons. The SMILES string of the molecule is O=S(=O)([O-])CC/C=C/CCl. The summed E-state index contributed by atoms with van der Waals surface area (Å²) in [5.41, 5.74) is 0. The Bertz CT molecular complexity index is 195. The zero-order valence-corrected chi connectivity index (χ0v) is 6.86. The van der Waals surface area contributed by atoms with E-state index in [1.807, 2.05) is 0 Å². The van der Waals surface area contributed by atoms with E-state index in [9.17, 15) is 13.0 Å². The van der Waals surface area contributed by atoms with Gasteiger partial charge in [0.15, 0.2) is 0 Å². The van der Waals surface area contributed by atoms with Gasteiger partial charge in [0.1, 0.15) is 0 Å². The lowest BCUT2D eigenvalue weighted by Gasteiger charge is -2.02. The smallest absolute Gasteiger partial charge is 0.0948 e. The lowest BCUT2D eigenvalue weighted by atomic mass is 10.4. The Morgan fingerprint density at radius 3 is 2.40 bits per heavy atom. The first kappa shape index (κ1) is 9.94. The fourth-order valence-electron chi connectivity index (χ4n) is 0.393. The maximum absolute atomic E-state index is 9.97. The summed E-state index contributed by atoms with van der Waals surface area (Å²) in [4.78, 5) is 0. The highest BCUT2D eigenvalue weighted by molar-refractivity contribution is 7.85. The average Bonchev–Trinajstić information content (AvgIpc) is 1.78. The second-order valence-electron chi connectivity index (χ2n) is 1.68. The van der Waals surface area contributed by atoms with Crippen LogP contribution in [0.3, 0.4) is 0 Å². The number of hydrogen-bond acceptors (Lipinski definition) is 3. The van der Waals surface area contributed by atoms with E-state index in [1.165, 1.54) is 0 Å². The molecular formula is C5H8ClO3S-. The van der Waals surface area contributed by atoms with E-state index in [1.54, 1.807) is 12.2 Å². The van der Waals surface area contributed by atoms with Gasteiger partial charge in [-0.2, -0.15) is 0 Å². The Hall–Kier alpha value is -0.0600. The molecule has 0 aromatic heterocycles. The maximum atomic E-state index is 9.97. The largest absolute Gasteiger partial charge is 0.748 e. The van der Waals surface area contributed by atoms with Crippen molar-refractivity contribution < 1.29 is 13.0 Å². The quantitative estimate of drug-likeness (QED) is 0.367. The molecule has 0 spiro atoms. The van der Waals surface area contributed by atoms with E-state index in [2.05, 4.69) is 0 Å². The summed E-state index contributed by atoms with van der Waals surface area (Å²) in [6.45, 7) is 0. The molecule has 0 rings (SSSR count). The van der Waals surface area contributed by atoms with Crippen LogP contribution in [0.15, 0.2) is 12.2 Å². The predicted octanol–water partition coefficient (Wildman–Crippen LogP) is 0.717. The van der Waals surface area contributed by atoms with Gasteiger partial charge in [-0.25, -0.2) is 8.42 Å². The van der Waals surface area contributed by atoms with Crippen LogP contribution in [0.2, 0.25) is 0 Å². The molecule has 0 unspecified atom stereocenters. The van der Waals surface area contributed by atoms with E-state index in [-0.39, 0.29) is 12.2 Å². The normalized spacial score (nSPS) is 12.6. The first-order valence-corrected chi connectivity index (χ1v) is 4.82. The van der Waals surface area contributed by atoms with Gasteiger partial charge in [-0.1, -0.05) is 12.2 Å². The first-order valence-electron chi connectivity index (χ1n) is 2.71. The molecule has 60 valence electrons. The molecule has 0 aliphatic carbocycles. The minimum absolute atomic E-state index is 0.249. The van der Waals surface area contributed by atoms with Crippen molar-refractivity contribution in [1.82, 2.24) is 0 Å². The van der Waals surface area contributed by atoms with E-state index in [4.69, 9.17) is 11.6 Å². The summed E-state index contributed by atoms with van der Waals surface area (Å²) in [6, 6.07) is 0. The van der Waals surface area contributed by atoms with Gasteiger partial charge in [0.05, 0.1) is 10.1 Å². The van der Waals surface area contributed by atoms with Gasteiger partial charge in [-0.05, 0) is 6.42 Å². The van der Waals surface area contributed by atoms with Crippen LogP contribution in [0.25, 0.3) is 0 Å². The molecule has 5 heteroatoms. The zero-order valence-electron chi connectivity index (χ0n) is 5.29. The third kappa shape index (κ3) is 7.94. The minimum Gasteiger partial charge on any atom is -0.748 e. The van der Waals surface area contributed by atoms with Crippen LogP contribution in [-0.4, -0.2) is 24.6 Å². The van der Waals surface area contributed by atoms with Gasteiger partial charge in [-0.15, -0.1) is 11.6 Å². The molecule has 0 aliphatic heterocycles. The fourth-order valence-corrected chi connectivity index (χ4v) is 0.944. The molecule has 0 fully saturated rings. The number of halogens is 1. The Kier molecular flexibility index (Phi) is 4.68. The summed E-state index contributed by atoms with van der Waals surface area (Å²) >= 11 is 5.24. The molecular weight excluding hydrogens is 176 g/mol. The Labute approximate surface area is 65.4 Å². The molecule has 0 heterocycles. The fraction of sp³-hybridized carbons (Fsp3) is 0.600. The summed E-state index contributed by atoms with van der Waals surface area (Å²) in [7, 11) is -4.05. The molecule has 0 saturated heterocycles. The van der Waals surface area contributed by atoms with Crippen molar-refractivity contribution in [1.29, 1.82) is 0 Å². The van der Waals surface area contributed by atoms with Crippen LogP contribution in [0.4, 0.5) is 0 Å². The van der Waals surface area contributed by atoms with Crippen molar-refractivity contribution in [2.24, 2.45) is 0 Å². The van der Waals surface area contributed by atoms with Gasteiger partial charge >= 0.3 is 0 Å². The third-order valence-corrected chi connectivity index (χ3v) is 1.70. The molecule has 0 atom stereocenters. The van der Waals surface area contributed by atoms with Crippen molar-refractivity contribution >= 4 is 21.7 Å². The van der Waals surface area contributed by atoms with Crippen LogP contribution >= 0.6 is 11.6 Å². The van der Waals surface area contributed by atoms with Gasteiger partial charge in [0, 0.05) is 11.6 Å². The van der Waals surface area contributed by atoms with Gasteiger partial charge in [0.2, 0.25) is 0 Å². The van der Waals surface area contributed by atoms with Gasteiger partial charge < -0.3 is 4.55 Å². The Morgan fingerprint density at radius 1 is 1.40 bits per heavy atom. The van der Waals surface area contributed by atoms with E-state index in [0.717, 1.165) is 0 Å². The maximum Gasteiger partial charge on any atom is 0.0948 e. The van der Waals surface area contributed by atoms with Crippen molar-refractivity contribution in [3.05, 3.63) is 12.2 Å². The predicted molar refractivity (Wildman–Crippen MR) is 39.0 cm³/mol. The summed E-state index contributed by atoms with van der Waals surface area (Å²) in [5.74, 6) is -0.000701. The van der Waals surface area contributed by atoms with Crippen molar-refractivity contribution in [2.75, 3.05) is 11.6 Å². The molecule has 0 saturated carbocycles. The number of hydrogen-bond donors (Lipinski definition) is 0. The topological polar surface area (TPSA) is 57.2 Å². The lowest BCUT2D eigenvalue weighted by molar-refractivity contribution is 0.463. The zero-order chi connectivity index (χ0) is 8.04. The number of allylic oxidation sites excluding steroid dienone is 2. The van der Waals surface area contributed by atoms with Crippen LogP contribution in [0.1, 0.15) is 6.42 Å². The van der Waals surface area contributed by atoms with Crippen LogP contribution < -0.4 is 0 Å². The van der Waals surface area contributed by atoms with E-state index < -0.39 is 10.1 Å². The highest BCUT2D eigenvalue weighted by Gasteiger charge is 1.89. The van der Waals surface area contributed by atoms with Crippen molar-refractivity contribution in [3.8, 4) is 0 Å². The van der Waals surface area contributed by atoms with Crippen LogP contribution in [0, 0.1) is 0 Å². The third-order valence-electron chi connectivity index (χ3n) is 0.790. The molecule has 0 aliphatic rings. The van der Waals surface area contributed by atoms with E-state index >= 15 is 0 Å². The molecule has 0 N–H and O–H groups in total.